The highest BCUT2D eigenvalue weighted by Gasteiger charge is 2.24. The summed E-state index contributed by atoms with van der Waals surface area (Å²) in [6.45, 7) is 0.733. The highest BCUT2D eigenvalue weighted by molar-refractivity contribution is 7.90. The van der Waals surface area contributed by atoms with Crippen LogP contribution in [0.3, 0.4) is 0 Å². The van der Waals surface area contributed by atoms with Crippen LogP contribution in [0, 0.1) is 5.82 Å². The molecule has 0 spiro atoms. The van der Waals surface area contributed by atoms with Crippen molar-refractivity contribution in [1.29, 1.82) is 0 Å². The molecule has 3 N–H and O–H groups in total. The summed E-state index contributed by atoms with van der Waals surface area (Å²) < 4.78 is 41.0. The minimum absolute atomic E-state index is 0.0139. The van der Waals surface area contributed by atoms with E-state index in [1.807, 2.05) is 0 Å². The van der Waals surface area contributed by atoms with Crippen LogP contribution < -0.4 is 15.0 Å². The largest absolute Gasteiger partial charge is 0.328 e. The number of halogens is 1. The Hall–Kier alpha value is -2.74. The fourth-order valence-electron chi connectivity index (χ4n) is 2.49. The molecule has 1 amide bonds. The van der Waals surface area contributed by atoms with Crippen LogP contribution >= 0.6 is 0 Å². The normalized spacial score (nSPS) is 14.0. The Morgan fingerprint density at radius 2 is 1.92 bits per heavy atom. The number of amides is 1. The molecule has 2 aromatic carbocycles. The first-order valence-electron chi connectivity index (χ1n) is 7.74. The lowest BCUT2D eigenvalue weighted by Gasteiger charge is -2.08. The van der Waals surface area contributed by atoms with Crippen molar-refractivity contribution in [2.75, 3.05) is 11.9 Å². The van der Waals surface area contributed by atoms with Crippen molar-refractivity contribution >= 4 is 27.5 Å². The second-order valence-corrected chi connectivity index (χ2v) is 7.26. The predicted octanol–water partition coefficient (Wildman–Crippen LogP) is 0.629. The Kier molecular flexibility index (Phi) is 4.80. The maximum atomic E-state index is 13.7. The molecular formula is C17H17FN3O3S+. The molecule has 2 aromatic rings. The van der Waals surface area contributed by atoms with Gasteiger partial charge in [0.05, 0.1) is 18.5 Å². The molecule has 0 atom stereocenters. The molecule has 1 heterocycles. The summed E-state index contributed by atoms with van der Waals surface area (Å²) in [7, 11) is -3.75. The first-order valence-corrected chi connectivity index (χ1v) is 9.22. The van der Waals surface area contributed by atoms with Gasteiger partial charge in [-0.05, 0) is 36.8 Å². The van der Waals surface area contributed by atoms with Gasteiger partial charge in [0.25, 0.3) is 11.7 Å². The summed E-state index contributed by atoms with van der Waals surface area (Å²) >= 11 is 0. The van der Waals surface area contributed by atoms with E-state index in [1.54, 1.807) is 12.1 Å². The molecule has 0 radical (unpaired) electrons. The average molecular weight is 362 g/mol. The summed E-state index contributed by atoms with van der Waals surface area (Å²) in [6.07, 6.45) is 1.51. The standard InChI is InChI=1S/C17H16FN3O3S/c18-15-8-2-1-7-14(15)17(22)20-12-5-3-6-13(11-12)25(23,24)21-16-9-4-10-19-16/h1-3,5-8,11H,4,9-10H2,(H,19,21)(H,20,22)/p+1. The second kappa shape index (κ2) is 7.02. The van der Waals surface area contributed by atoms with Gasteiger partial charge in [0.2, 0.25) is 0 Å². The van der Waals surface area contributed by atoms with E-state index in [0.717, 1.165) is 13.0 Å². The molecular weight excluding hydrogens is 345 g/mol. The van der Waals surface area contributed by atoms with Gasteiger partial charge in [0.1, 0.15) is 10.7 Å². The van der Waals surface area contributed by atoms with E-state index < -0.39 is 21.7 Å². The van der Waals surface area contributed by atoms with Crippen molar-refractivity contribution in [2.45, 2.75) is 17.7 Å². The fraction of sp³-hybridized carbons (Fsp3) is 0.176. The Balaban J connectivity index is 1.79. The number of sulfonamides is 1. The van der Waals surface area contributed by atoms with Crippen molar-refractivity contribution < 1.29 is 22.6 Å². The number of nitrogens with one attached hydrogen (secondary N) is 3. The van der Waals surface area contributed by atoms with Crippen LogP contribution in [0.15, 0.2) is 53.4 Å². The first kappa shape index (κ1) is 17.1. The number of hydrogen-bond acceptors (Lipinski definition) is 3. The zero-order valence-electron chi connectivity index (χ0n) is 13.3. The van der Waals surface area contributed by atoms with E-state index >= 15 is 0 Å². The highest BCUT2D eigenvalue weighted by atomic mass is 32.2. The van der Waals surface area contributed by atoms with Gasteiger partial charge in [-0.2, -0.15) is 13.1 Å². The van der Waals surface area contributed by atoms with Crippen molar-refractivity contribution in [3.05, 3.63) is 59.9 Å². The summed E-state index contributed by atoms with van der Waals surface area (Å²) in [5, 5.41) is 2.51. The van der Waals surface area contributed by atoms with Crippen LogP contribution in [-0.4, -0.2) is 26.7 Å². The number of amidine groups is 1. The van der Waals surface area contributed by atoms with Gasteiger partial charge in [-0.25, -0.2) is 4.39 Å². The van der Waals surface area contributed by atoms with Gasteiger partial charge in [0, 0.05) is 5.69 Å². The molecule has 130 valence electrons. The van der Waals surface area contributed by atoms with Crippen LogP contribution in [0.2, 0.25) is 0 Å². The van der Waals surface area contributed by atoms with Gasteiger partial charge in [-0.1, -0.05) is 18.2 Å². The smallest absolute Gasteiger partial charge is 0.322 e. The third-order valence-electron chi connectivity index (χ3n) is 3.72. The second-order valence-electron chi connectivity index (χ2n) is 5.58. The number of hydrogen-bond donors (Lipinski definition) is 3. The topological polar surface area (TPSA) is 89.2 Å². The zero-order valence-corrected chi connectivity index (χ0v) is 14.1. The van der Waals surface area contributed by atoms with E-state index in [9.17, 15) is 17.6 Å². The number of rotatable bonds is 4. The minimum Gasteiger partial charge on any atom is -0.322 e. The lowest BCUT2D eigenvalue weighted by atomic mass is 10.2. The number of carbonyl (C=O) groups excluding carboxylic acids is 1. The fourth-order valence-corrected chi connectivity index (χ4v) is 3.64. The molecule has 0 unspecified atom stereocenters. The van der Waals surface area contributed by atoms with Gasteiger partial charge in [-0.3, -0.25) is 9.79 Å². The van der Waals surface area contributed by atoms with E-state index in [1.165, 1.54) is 36.4 Å². The molecule has 0 saturated heterocycles. The lowest BCUT2D eigenvalue weighted by Crippen LogP contribution is -2.72. The number of benzene rings is 2. The number of carbonyl (C=O) groups is 1. The molecule has 1 aliphatic heterocycles. The van der Waals surface area contributed by atoms with Crippen molar-refractivity contribution in [3.63, 3.8) is 0 Å². The van der Waals surface area contributed by atoms with Crippen LogP contribution in [-0.2, 0) is 10.0 Å². The van der Waals surface area contributed by atoms with Gasteiger partial charge >= 0.3 is 10.0 Å². The van der Waals surface area contributed by atoms with Crippen LogP contribution in [0.25, 0.3) is 0 Å². The Bertz CT molecular complexity index is 942. The molecule has 6 nitrogen and oxygen atoms in total. The molecule has 0 saturated carbocycles. The van der Waals surface area contributed by atoms with E-state index in [2.05, 4.69) is 15.0 Å². The highest BCUT2D eigenvalue weighted by Crippen LogP contribution is 2.17. The zero-order chi connectivity index (χ0) is 17.9. The van der Waals surface area contributed by atoms with Gasteiger partial charge in [0.15, 0.2) is 0 Å². The first-order chi connectivity index (χ1) is 12.0. The number of anilines is 1. The molecule has 8 heteroatoms. The van der Waals surface area contributed by atoms with Crippen molar-refractivity contribution in [2.24, 2.45) is 0 Å². The van der Waals surface area contributed by atoms with Crippen LogP contribution in [0.1, 0.15) is 23.2 Å². The van der Waals surface area contributed by atoms with Crippen LogP contribution in [0.5, 0.6) is 0 Å². The SMILES string of the molecule is O=C(Nc1cccc(S(=O)(=O)NC2=[NH+]CCC2)c1)c1ccccc1F. The third kappa shape index (κ3) is 4.03. The summed E-state index contributed by atoms with van der Waals surface area (Å²) in [5.74, 6) is -0.734. The lowest BCUT2D eigenvalue weighted by molar-refractivity contribution is -0.448. The minimum atomic E-state index is -3.75. The Morgan fingerprint density at radius 3 is 2.64 bits per heavy atom. The van der Waals surface area contributed by atoms with E-state index in [4.69, 9.17) is 0 Å². The van der Waals surface area contributed by atoms with Crippen molar-refractivity contribution in [1.82, 2.24) is 4.72 Å². The summed E-state index contributed by atoms with van der Waals surface area (Å²) in [6, 6.07) is 11.4. The van der Waals surface area contributed by atoms with E-state index in [0.29, 0.717) is 12.3 Å². The molecule has 0 aliphatic carbocycles. The van der Waals surface area contributed by atoms with Crippen molar-refractivity contribution in [3.8, 4) is 0 Å². The Labute approximate surface area is 144 Å². The van der Waals surface area contributed by atoms with Crippen LogP contribution in [0.4, 0.5) is 10.1 Å². The third-order valence-corrected chi connectivity index (χ3v) is 5.11. The monoisotopic (exact) mass is 362 g/mol. The van der Waals surface area contributed by atoms with Gasteiger partial charge in [-0.15, -0.1) is 0 Å². The molecule has 1 aliphatic rings. The average Bonchev–Trinajstić information content (AvgIpc) is 3.07. The van der Waals surface area contributed by atoms with Gasteiger partial charge < -0.3 is 5.32 Å². The molecule has 0 aromatic heterocycles. The molecule has 0 bridgehead atoms. The quantitative estimate of drug-likeness (QED) is 0.745. The molecule has 3 rings (SSSR count). The predicted molar refractivity (Wildman–Crippen MR) is 91.2 cm³/mol. The summed E-state index contributed by atoms with van der Waals surface area (Å²) in [5.41, 5.74) is 0.153. The Morgan fingerprint density at radius 1 is 1.12 bits per heavy atom. The maximum Gasteiger partial charge on any atom is 0.328 e. The molecule has 0 fully saturated rings. The molecule has 25 heavy (non-hydrogen) atoms. The van der Waals surface area contributed by atoms with E-state index in [-0.39, 0.29) is 16.1 Å². The summed E-state index contributed by atoms with van der Waals surface area (Å²) in [4.78, 5) is 15.1. The maximum absolute atomic E-state index is 13.7.